The molecule has 146 valence electrons. The number of carbonyl (C=O) groups excluding carboxylic acids is 2. The smallest absolute Gasteiger partial charge is 0.351 e. The van der Waals surface area contributed by atoms with Crippen LogP contribution in [0.2, 0.25) is 0 Å². The third kappa shape index (κ3) is 4.26. The van der Waals surface area contributed by atoms with Crippen molar-refractivity contribution in [3.8, 4) is 11.5 Å². The molecule has 0 unspecified atom stereocenters. The Bertz CT molecular complexity index is 994. The number of rotatable bonds is 7. The molecule has 7 heteroatoms. The maximum absolute atomic E-state index is 12.4. The number of methoxy groups -OCH3 is 2. The van der Waals surface area contributed by atoms with Gasteiger partial charge in [-0.3, -0.25) is 4.79 Å². The van der Waals surface area contributed by atoms with Crippen molar-refractivity contribution in [2.24, 2.45) is 0 Å². The van der Waals surface area contributed by atoms with Gasteiger partial charge in [0.25, 0.3) is 0 Å². The predicted molar refractivity (Wildman–Crippen MR) is 110 cm³/mol. The molecule has 0 aliphatic rings. The third-order valence-electron chi connectivity index (χ3n) is 4.11. The van der Waals surface area contributed by atoms with E-state index in [4.69, 9.17) is 14.2 Å². The number of anilines is 1. The number of nitrogens with one attached hydrogen (secondary N) is 1. The highest BCUT2D eigenvalue weighted by Gasteiger charge is 2.21. The van der Waals surface area contributed by atoms with Gasteiger partial charge in [-0.25, -0.2) is 4.79 Å². The number of esters is 1. The first-order valence-electron chi connectivity index (χ1n) is 8.76. The molecule has 28 heavy (non-hydrogen) atoms. The van der Waals surface area contributed by atoms with Crippen molar-refractivity contribution in [3.63, 3.8) is 0 Å². The standard InChI is InChI=1S/C21H21NO5S/c1-4-27-19-16-12-14(7-10-17(16)28-20(19)21(24)26-3)22-18(23)11-13-5-8-15(25-2)9-6-13/h5-10,12H,4,11H2,1-3H3,(H,22,23). The van der Waals surface area contributed by atoms with Crippen LogP contribution in [-0.2, 0) is 16.0 Å². The largest absolute Gasteiger partial charge is 0.497 e. The van der Waals surface area contributed by atoms with E-state index in [1.54, 1.807) is 7.11 Å². The van der Waals surface area contributed by atoms with Crippen molar-refractivity contribution < 1.29 is 23.8 Å². The van der Waals surface area contributed by atoms with Crippen LogP contribution in [0.4, 0.5) is 5.69 Å². The first-order chi connectivity index (χ1) is 13.5. The number of hydrogen-bond donors (Lipinski definition) is 1. The van der Waals surface area contributed by atoms with E-state index in [0.717, 1.165) is 21.4 Å². The molecule has 0 radical (unpaired) electrons. The Labute approximate surface area is 167 Å². The molecule has 2 aromatic carbocycles. The van der Waals surface area contributed by atoms with Crippen molar-refractivity contribution >= 4 is 39.0 Å². The van der Waals surface area contributed by atoms with E-state index < -0.39 is 5.97 Å². The lowest BCUT2D eigenvalue weighted by atomic mass is 10.1. The first-order valence-corrected chi connectivity index (χ1v) is 9.57. The van der Waals surface area contributed by atoms with E-state index in [1.165, 1.54) is 18.4 Å². The number of thiophene rings is 1. The Balaban J connectivity index is 1.81. The summed E-state index contributed by atoms with van der Waals surface area (Å²) >= 11 is 1.31. The highest BCUT2D eigenvalue weighted by atomic mass is 32.1. The average Bonchev–Trinajstić information content (AvgIpc) is 3.06. The fraction of sp³-hybridized carbons (Fsp3) is 0.238. The number of carbonyl (C=O) groups is 2. The van der Waals surface area contributed by atoms with E-state index in [9.17, 15) is 9.59 Å². The van der Waals surface area contributed by atoms with E-state index in [1.807, 2.05) is 49.4 Å². The summed E-state index contributed by atoms with van der Waals surface area (Å²) in [7, 11) is 2.94. The molecular formula is C21H21NO5S. The molecule has 0 aliphatic carbocycles. The summed E-state index contributed by atoms with van der Waals surface area (Å²) in [5, 5.41) is 3.67. The van der Waals surface area contributed by atoms with Crippen LogP contribution in [0.5, 0.6) is 11.5 Å². The van der Waals surface area contributed by atoms with Gasteiger partial charge in [0.1, 0.15) is 5.75 Å². The minimum atomic E-state index is -0.435. The number of benzene rings is 2. The van der Waals surface area contributed by atoms with Crippen LogP contribution < -0.4 is 14.8 Å². The van der Waals surface area contributed by atoms with Gasteiger partial charge in [-0.2, -0.15) is 0 Å². The highest BCUT2D eigenvalue weighted by molar-refractivity contribution is 7.21. The van der Waals surface area contributed by atoms with Crippen molar-refractivity contribution in [3.05, 3.63) is 52.9 Å². The van der Waals surface area contributed by atoms with Gasteiger partial charge in [0.15, 0.2) is 10.6 Å². The third-order valence-corrected chi connectivity index (χ3v) is 5.24. The van der Waals surface area contributed by atoms with E-state index in [-0.39, 0.29) is 12.3 Å². The zero-order chi connectivity index (χ0) is 20.1. The summed E-state index contributed by atoms with van der Waals surface area (Å²) in [5.41, 5.74) is 1.53. The Morgan fingerprint density at radius 1 is 1.07 bits per heavy atom. The molecule has 0 fully saturated rings. The molecule has 6 nitrogen and oxygen atoms in total. The molecule has 0 saturated carbocycles. The SMILES string of the molecule is CCOc1c(C(=O)OC)sc2ccc(NC(=O)Cc3ccc(OC)cc3)cc12. The molecule has 0 atom stereocenters. The summed E-state index contributed by atoms with van der Waals surface area (Å²) in [6.45, 7) is 2.27. The van der Waals surface area contributed by atoms with Crippen LogP contribution in [0.1, 0.15) is 22.2 Å². The molecule has 0 bridgehead atoms. The van der Waals surface area contributed by atoms with Crippen LogP contribution in [-0.4, -0.2) is 32.7 Å². The van der Waals surface area contributed by atoms with Gasteiger partial charge < -0.3 is 19.5 Å². The summed E-state index contributed by atoms with van der Waals surface area (Å²) in [6, 6.07) is 12.8. The first kappa shape index (κ1) is 19.7. The minimum absolute atomic E-state index is 0.133. The van der Waals surface area contributed by atoms with Gasteiger partial charge >= 0.3 is 5.97 Å². The Morgan fingerprint density at radius 2 is 1.82 bits per heavy atom. The van der Waals surface area contributed by atoms with E-state index >= 15 is 0 Å². The second kappa shape index (κ2) is 8.75. The van der Waals surface area contributed by atoms with Gasteiger partial charge in [-0.1, -0.05) is 12.1 Å². The van der Waals surface area contributed by atoms with Crippen molar-refractivity contribution in [1.82, 2.24) is 0 Å². The molecule has 3 rings (SSSR count). The van der Waals surface area contributed by atoms with Gasteiger partial charge in [0.2, 0.25) is 5.91 Å². The van der Waals surface area contributed by atoms with Crippen LogP contribution in [0, 0.1) is 0 Å². The predicted octanol–water partition coefficient (Wildman–Crippen LogP) is 4.28. The van der Waals surface area contributed by atoms with Gasteiger partial charge in [-0.05, 0) is 42.8 Å². The molecule has 1 aromatic heterocycles. The monoisotopic (exact) mass is 399 g/mol. The number of hydrogen-bond acceptors (Lipinski definition) is 6. The van der Waals surface area contributed by atoms with E-state index in [2.05, 4.69) is 5.32 Å². The van der Waals surface area contributed by atoms with Crippen LogP contribution in [0.15, 0.2) is 42.5 Å². The molecule has 1 amide bonds. The van der Waals surface area contributed by atoms with Gasteiger partial charge in [-0.15, -0.1) is 11.3 Å². The number of fused-ring (bicyclic) bond motifs is 1. The molecule has 0 aliphatic heterocycles. The molecule has 3 aromatic rings. The second-order valence-electron chi connectivity index (χ2n) is 5.97. The fourth-order valence-corrected chi connectivity index (χ4v) is 3.85. The number of amides is 1. The van der Waals surface area contributed by atoms with Crippen molar-refractivity contribution in [2.45, 2.75) is 13.3 Å². The lowest BCUT2D eigenvalue weighted by Crippen LogP contribution is -2.14. The van der Waals surface area contributed by atoms with E-state index in [0.29, 0.717) is 22.9 Å². The molecule has 1 N–H and O–H groups in total. The minimum Gasteiger partial charge on any atom is -0.497 e. The Kier molecular flexibility index (Phi) is 6.16. The summed E-state index contributed by atoms with van der Waals surface area (Å²) in [4.78, 5) is 24.8. The van der Waals surface area contributed by atoms with Gasteiger partial charge in [0, 0.05) is 15.8 Å². The summed E-state index contributed by atoms with van der Waals surface area (Å²) in [6.07, 6.45) is 0.247. The Morgan fingerprint density at radius 3 is 2.46 bits per heavy atom. The normalized spacial score (nSPS) is 10.5. The fourth-order valence-electron chi connectivity index (χ4n) is 2.80. The zero-order valence-electron chi connectivity index (χ0n) is 15.9. The maximum Gasteiger partial charge on any atom is 0.351 e. The second-order valence-corrected chi connectivity index (χ2v) is 7.02. The number of ether oxygens (including phenoxy) is 3. The zero-order valence-corrected chi connectivity index (χ0v) is 16.7. The lowest BCUT2D eigenvalue weighted by molar-refractivity contribution is -0.115. The average molecular weight is 399 g/mol. The van der Waals surface area contributed by atoms with Crippen LogP contribution in [0.3, 0.4) is 0 Å². The highest BCUT2D eigenvalue weighted by Crippen LogP contribution is 2.39. The quantitative estimate of drug-likeness (QED) is 0.601. The van der Waals surface area contributed by atoms with Gasteiger partial charge in [0.05, 0.1) is 27.2 Å². The lowest BCUT2D eigenvalue weighted by Gasteiger charge is -2.08. The van der Waals surface area contributed by atoms with Crippen LogP contribution in [0.25, 0.3) is 10.1 Å². The van der Waals surface area contributed by atoms with Crippen molar-refractivity contribution in [2.75, 3.05) is 26.1 Å². The summed E-state index contributed by atoms with van der Waals surface area (Å²) < 4.78 is 16.5. The Hall–Kier alpha value is -3.06. The van der Waals surface area contributed by atoms with Crippen molar-refractivity contribution in [1.29, 1.82) is 0 Å². The maximum atomic E-state index is 12.4. The molecular weight excluding hydrogens is 378 g/mol. The molecule has 1 heterocycles. The molecule has 0 spiro atoms. The topological polar surface area (TPSA) is 73.9 Å². The summed E-state index contributed by atoms with van der Waals surface area (Å²) in [5.74, 6) is 0.665. The molecule has 0 saturated heterocycles. The van der Waals surface area contributed by atoms with Crippen LogP contribution >= 0.6 is 11.3 Å².